The van der Waals surface area contributed by atoms with Crippen molar-refractivity contribution in [1.82, 2.24) is 19.7 Å². The molecule has 0 amide bonds. The standard InChI is InChI=1S/C30H23ClN4O2S/c1-16-12-25-29(28(22(16)15-27(36)37)18-4-7-21(31)8-5-18)38-30(33-25)20-10-11-32-24(14-20)19-6-9-26-23(13-19)17(2)34-35(26)3/h4-14H,15H2,1-3H3,(H,36,37). The minimum atomic E-state index is -0.869. The van der Waals surface area contributed by atoms with E-state index < -0.39 is 5.97 Å². The van der Waals surface area contributed by atoms with Crippen molar-refractivity contribution in [3.05, 3.63) is 88.7 Å². The number of rotatable bonds is 5. The fourth-order valence-electron chi connectivity index (χ4n) is 4.98. The van der Waals surface area contributed by atoms with Gasteiger partial charge in [-0.1, -0.05) is 29.8 Å². The van der Waals surface area contributed by atoms with Gasteiger partial charge in [0, 0.05) is 40.3 Å². The molecule has 38 heavy (non-hydrogen) atoms. The van der Waals surface area contributed by atoms with Crippen LogP contribution in [0.4, 0.5) is 0 Å². The minimum Gasteiger partial charge on any atom is -0.481 e. The molecule has 3 heterocycles. The molecule has 0 saturated carbocycles. The van der Waals surface area contributed by atoms with Gasteiger partial charge in [0.15, 0.2) is 0 Å². The molecule has 0 unspecified atom stereocenters. The Morgan fingerprint density at radius 1 is 1.00 bits per heavy atom. The van der Waals surface area contributed by atoms with Gasteiger partial charge in [-0.25, -0.2) is 4.98 Å². The smallest absolute Gasteiger partial charge is 0.307 e. The van der Waals surface area contributed by atoms with Crippen LogP contribution in [0.1, 0.15) is 16.8 Å². The lowest BCUT2D eigenvalue weighted by Crippen LogP contribution is -2.04. The van der Waals surface area contributed by atoms with E-state index in [1.165, 1.54) is 0 Å². The van der Waals surface area contributed by atoms with Gasteiger partial charge >= 0.3 is 5.97 Å². The maximum Gasteiger partial charge on any atom is 0.307 e. The van der Waals surface area contributed by atoms with Crippen molar-refractivity contribution in [2.45, 2.75) is 20.3 Å². The van der Waals surface area contributed by atoms with Gasteiger partial charge in [-0.15, -0.1) is 11.3 Å². The third-order valence-electron chi connectivity index (χ3n) is 6.81. The highest BCUT2D eigenvalue weighted by Crippen LogP contribution is 2.41. The molecule has 0 radical (unpaired) electrons. The molecular formula is C30H23ClN4O2S. The number of nitrogens with zero attached hydrogens (tertiary/aromatic N) is 4. The number of hydrogen-bond acceptors (Lipinski definition) is 5. The van der Waals surface area contributed by atoms with Crippen LogP contribution in [-0.2, 0) is 18.3 Å². The highest BCUT2D eigenvalue weighted by atomic mass is 35.5. The van der Waals surface area contributed by atoms with Crippen molar-refractivity contribution in [2.24, 2.45) is 7.05 Å². The number of carboxylic acids is 1. The van der Waals surface area contributed by atoms with E-state index >= 15 is 0 Å². The van der Waals surface area contributed by atoms with Crippen LogP contribution in [0, 0.1) is 13.8 Å². The van der Waals surface area contributed by atoms with Crippen LogP contribution >= 0.6 is 22.9 Å². The van der Waals surface area contributed by atoms with Gasteiger partial charge in [-0.2, -0.15) is 5.10 Å². The number of carbonyl (C=O) groups is 1. The molecule has 8 heteroatoms. The summed E-state index contributed by atoms with van der Waals surface area (Å²) < 4.78 is 2.84. The highest BCUT2D eigenvalue weighted by Gasteiger charge is 2.20. The number of aromatic nitrogens is 4. The zero-order valence-corrected chi connectivity index (χ0v) is 22.6. The minimum absolute atomic E-state index is 0.0669. The SMILES string of the molecule is Cc1cc2nc(-c3ccnc(-c4ccc5c(c4)c(C)nn5C)c3)sc2c(-c2ccc(Cl)cc2)c1CC(=O)O. The number of thiazole rings is 1. The largest absolute Gasteiger partial charge is 0.481 e. The van der Waals surface area contributed by atoms with Gasteiger partial charge in [-0.05, 0) is 73.0 Å². The molecule has 0 aliphatic rings. The zero-order valence-electron chi connectivity index (χ0n) is 21.0. The molecule has 0 bridgehead atoms. The summed E-state index contributed by atoms with van der Waals surface area (Å²) in [5.41, 5.74) is 9.23. The number of hydrogen-bond donors (Lipinski definition) is 1. The number of carboxylic acid groups (broad SMARTS) is 1. The van der Waals surface area contributed by atoms with Gasteiger partial charge in [-0.3, -0.25) is 14.5 Å². The molecule has 0 fully saturated rings. The van der Waals surface area contributed by atoms with E-state index in [-0.39, 0.29) is 6.42 Å². The van der Waals surface area contributed by atoms with Crippen LogP contribution in [0.15, 0.2) is 66.9 Å². The highest BCUT2D eigenvalue weighted by molar-refractivity contribution is 7.22. The third kappa shape index (κ3) is 4.23. The van der Waals surface area contributed by atoms with E-state index in [0.717, 1.165) is 70.9 Å². The van der Waals surface area contributed by atoms with E-state index in [9.17, 15) is 9.90 Å². The van der Waals surface area contributed by atoms with Crippen LogP contribution in [-0.4, -0.2) is 30.8 Å². The fraction of sp³-hybridized carbons (Fsp3) is 0.133. The Hall–Kier alpha value is -4.07. The topological polar surface area (TPSA) is 80.9 Å². The Morgan fingerprint density at radius 2 is 1.76 bits per heavy atom. The molecule has 188 valence electrons. The first-order valence-electron chi connectivity index (χ1n) is 12.1. The molecular weight excluding hydrogens is 516 g/mol. The number of benzene rings is 3. The van der Waals surface area contributed by atoms with Crippen LogP contribution < -0.4 is 0 Å². The van der Waals surface area contributed by atoms with Crippen LogP contribution in [0.3, 0.4) is 0 Å². The zero-order chi connectivity index (χ0) is 26.6. The average molecular weight is 539 g/mol. The van der Waals surface area contributed by atoms with Gasteiger partial charge in [0.1, 0.15) is 5.01 Å². The first kappa shape index (κ1) is 24.3. The Morgan fingerprint density at radius 3 is 2.53 bits per heavy atom. The lowest BCUT2D eigenvalue weighted by atomic mass is 9.93. The Kier molecular flexibility index (Phi) is 5.97. The van der Waals surface area contributed by atoms with Crippen molar-refractivity contribution >= 4 is 50.0 Å². The normalized spacial score (nSPS) is 11.5. The van der Waals surface area contributed by atoms with E-state index in [1.54, 1.807) is 17.5 Å². The number of halogens is 1. The van der Waals surface area contributed by atoms with E-state index in [4.69, 9.17) is 16.6 Å². The van der Waals surface area contributed by atoms with Crippen molar-refractivity contribution in [3.8, 4) is 33.0 Å². The summed E-state index contributed by atoms with van der Waals surface area (Å²) in [5, 5.41) is 16.8. The summed E-state index contributed by atoms with van der Waals surface area (Å²) in [7, 11) is 1.95. The lowest BCUT2D eigenvalue weighted by molar-refractivity contribution is -0.136. The van der Waals surface area contributed by atoms with Crippen molar-refractivity contribution in [1.29, 1.82) is 0 Å². The molecule has 0 spiro atoms. The Bertz CT molecular complexity index is 1870. The molecule has 3 aromatic heterocycles. The average Bonchev–Trinajstić information content (AvgIpc) is 3.45. The van der Waals surface area contributed by atoms with E-state index in [0.29, 0.717) is 5.02 Å². The van der Waals surface area contributed by atoms with E-state index in [2.05, 4.69) is 34.3 Å². The first-order valence-corrected chi connectivity index (χ1v) is 13.3. The lowest BCUT2D eigenvalue weighted by Gasteiger charge is -2.13. The van der Waals surface area contributed by atoms with E-state index in [1.807, 2.05) is 62.0 Å². The molecule has 6 rings (SSSR count). The third-order valence-corrected chi connectivity index (χ3v) is 8.20. The first-order chi connectivity index (χ1) is 18.3. The second-order valence-corrected chi connectivity index (χ2v) is 10.8. The maximum atomic E-state index is 11.8. The summed E-state index contributed by atoms with van der Waals surface area (Å²) in [6, 6.07) is 19.8. The predicted octanol–water partition coefficient (Wildman–Crippen LogP) is 7.48. The van der Waals surface area contributed by atoms with Crippen molar-refractivity contribution in [3.63, 3.8) is 0 Å². The summed E-state index contributed by atoms with van der Waals surface area (Å²) in [5.74, 6) is -0.869. The predicted molar refractivity (Wildman–Crippen MR) is 154 cm³/mol. The van der Waals surface area contributed by atoms with Crippen molar-refractivity contribution in [2.75, 3.05) is 0 Å². The van der Waals surface area contributed by atoms with Crippen LogP contribution in [0.2, 0.25) is 5.02 Å². The molecule has 3 aromatic carbocycles. The second-order valence-electron chi connectivity index (χ2n) is 9.36. The summed E-state index contributed by atoms with van der Waals surface area (Å²) in [6.45, 7) is 3.95. The van der Waals surface area contributed by atoms with Crippen LogP contribution in [0.25, 0.3) is 54.1 Å². The molecule has 0 atom stereocenters. The van der Waals surface area contributed by atoms with Gasteiger partial charge < -0.3 is 5.11 Å². The summed E-state index contributed by atoms with van der Waals surface area (Å²) in [4.78, 5) is 21.4. The molecule has 0 aliphatic heterocycles. The number of pyridine rings is 1. The summed E-state index contributed by atoms with van der Waals surface area (Å²) in [6.07, 6.45) is 1.74. The van der Waals surface area contributed by atoms with Crippen LogP contribution in [0.5, 0.6) is 0 Å². The molecule has 6 aromatic rings. The number of aryl methyl sites for hydroxylation is 3. The Balaban J connectivity index is 1.50. The quantitative estimate of drug-likeness (QED) is 0.246. The van der Waals surface area contributed by atoms with Gasteiger partial charge in [0.2, 0.25) is 0 Å². The molecule has 1 N–H and O–H groups in total. The van der Waals surface area contributed by atoms with Crippen molar-refractivity contribution < 1.29 is 9.90 Å². The monoisotopic (exact) mass is 538 g/mol. The summed E-state index contributed by atoms with van der Waals surface area (Å²) >= 11 is 7.71. The second kappa shape index (κ2) is 9.35. The molecule has 0 saturated heterocycles. The Labute approximate surface area is 228 Å². The maximum absolute atomic E-state index is 11.8. The molecule has 0 aliphatic carbocycles. The molecule has 6 nitrogen and oxygen atoms in total. The van der Waals surface area contributed by atoms with Gasteiger partial charge in [0.25, 0.3) is 0 Å². The van der Waals surface area contributed by atoms with Gasteiger partial charge in [0.05, 0.1) is 33.5 Å². The number of aliphatic carboxylic acids is 1. The number of fused-ring (bicyclic) bond motifs is 2. The fourth-order valence-corrected chi connectivity index (χ4v) is 6.24.